The monoisotopic (exact) mass is 434 g/mol. The minimum absolute atomic E-state index is 0.0419. The molecule has 31 heavy (non-hydrogen) atoms. The number of carbonyl (C=O) groups is 2. The van der Waals surface area contributed by atoms with Gasteiger partial charge in [-0.2, -0.15) is 0 Å². The predicted molar refractivity (Wildman–Crippen MR) is 120 cm³/mol. The fourth-order valence-electron chi connectivity index (χ4n) is 4.86. The molecule has 2 amide bonds. The third kappa shape index (κ3) is 4.06. The molecule has 1 aliphatic heterocycles. The van der Waals surface area contributed by atoms with Gasteiger partial charge in [0, 0.05) is 37.5 Å². The molecule has 1 unspecified atom stereocenters. The highest BCUT2D eigenvalue weighted by atomic mass is 32.1. The molecule has 7 heteroatoms. The molecule has 1 aliphatic carbocycles. The molecule has 1 aromatic carbocycles. The molecule has 1 atom stereocenters. The van der Waals surface area contributed by atoms with Crippen molar-refractivity contribution in [3.8, 4) is 0 Å². The molecule has 6 nitrogen and oxygen atoms in total. The zero-order chi connectivity index (χ0) is 21.3. The van der Waals surface area contributed by atoms with E-state index in [1.54, 1.807) is 17.5 Å². The molecule has 2 aliphatic rings. The summed E-state index contributed by atoms with van der Waals surface area (Å²) in [5, 5.41) is 4.05. The normalized spacial score (nSPS) is 19.5. The fraction of sp³-hybridized carbons (Fsp3) is 0.417. The molecule has 0 radical (unpaired) electrons. The first kappa shape index (κ1) is 20.1. The van der Waals surface area contributed by atoms with Gasteiger partial charge in [0.1, 0.15) is 0 Å². The number of aromatic nitrogens is 2. The van der Waals surface area contributed by atoms with Gasteiger partial charge >= 0.3 is 0 Å². The van der Waals surface area contributed by atoms with Crippen LogP contribution in [0.3, 0.4) is 0 Å². The van der Waals surface area contributed by atoms with Crippen molar-refractivity contribution in [2.45, 2.75) is 38.6 Å². The molecule has 0 bridgehead atoms. The van der Waals surface area contributed by atoms with Crippen LogP contribution in [-0.2, 0) is 22.6 Å². The van der Waals surface area contributed by atoms with Gasteiger partial charge in [-0.1, -0.05) is 24.6 Å². The van der Waals surface area contributed by atoms with Crippen molar-refractivity contribution in [2.75, 3.05) is 13.1 Å². The van der Waals surface area contributed by atoms with Gasteiger partial charge in [-0.15, -0.1) is 11.3 Å². The maximum absolute atomic E-state index is 13.0. The summed E-state index contributed by atoms with van der Waals surface area (Å²) in [4.78, 5) is 36.8. The van der Waals surface area contributed by atoms with E-state index in [-0.39, 0.29) is 23.1 Å². The first-order valence-corrected chi connectivity index (χ1v) is 11.7. The molecule has 2 aromatic heterocycles. The van der Waals surface area contributed by atoms with Crippen LogP contribution < -0.4 is 5.32 Å². The van der Waals surface area contributed by atoms with Gasteiger partial charge in [-0.3, -0.25) is 14.6 Å². The van der Waals surface area contributed by atoms with E-state index in [1.165, 1.54) is 0 Å². The van der Waals surface area contributed by atoms with Crippen molar-refractivity contribution in [1.29, 1.82) is 0 Å². The van der Waals surface area contributed by atoms with Crippen molar-refractivity contribution in [1.82, 2.24) is 20.2 Å². The Morgan fingerprint density at radius 3 is 2.74 bits per heavy atom. The molecule has 2 fully saturated rings. The molecule has 1 saturated heterocycles. The van der Waals surface area contributed by atoms with Crippen LogP contribution in [0.25, 0.3) is 10.2 Å². The number of nitrogens with zero attached hydrogens (tertiary/aromatic N) is 3. The summed E-state index contributed by atoms with van der Waals surface area (Å²) in [6, 6.07) is 13.8. The SMILES string of the molecule is O=C(NCc1ccccn1)C1CN(C(=O)CCc2nc3ccccc3s2)CC12CCC2. The number of rotatable bonds is 6. The maximum atomic E-state index is 13.0. The van der Waals surface area contributed by atoms with E-state index in [9.17, 15) is 9.59 Å². The van der Waals surface area contributed by atoms with Gasteiger partial charge in [0.05, 0.1) is 33.4 Å². The first-order valence-electron chi connectivity index (χ1n) is 10.9. The lowest BCUT2D eigenvalue weighted by Gasteiger charge is -2.41. The third-order valence-electron chi connectivity index (χ3n) is 6.73. The van der Waals surface area contributed by atoms with E-state index in [4.69, 9.17) is 0 Å². The van der Waals surface area contributed by atoms with E-state index in [0.717, 1.165) is 40.2 Å². The van der Waals surface area contributed by atoms with E-state index >= 15 is 0 Å². The average molecular weight is 435 g/mol. The highest BCUT2D eigenvalue weighted by molar-refractivity contribution is 7.18. The van der Waals surface area contributed by atoms with Crippen LogP contribution in [0.1, 0.15) is 36.4 Å². The summed E-state index contributed by atoms with van der Waals surface area (Å²) in [5.41, 5.74) is 1.80. The molecular weight excluding hydrogens is 408 g/mol. The smallest absolute Gasteiger partial charge is 0.225 e. The minimum atomic E-state index is -0.128. The highest BCUT2D eigenvalue weighted by Gasteiger charge is 2.54. The maximum Gasteiger partial charge on any atom is 0.225 e. The number of amides is 2. The Hall–Kier alpha value is -2.80. The van der Waals surface area contributed by atoms with Crippen molar-refractivity contribution in [3.05, 3.63) is 59.4 Å². The average Bonchev–Trinajstić information content (AvgIpc) is 3.38. The summed E-state index contributed by atoms with van der Waals surface area (Å²) in [7, 11) is 0. The van der Waals surface area contributed by atoms with E-state index in [1.807, 2.05) is 41.3 Å². The summed E-state index contributed by atoms with van der Waals surface area (Å²) in [5.74, 6) is 0.0498. The van der Waals surface area contributed by atoms with Crippen LogP contribution in [0.5, 0.6) is 0 Å². The van der Waals surface area contributed by atoms with Crippen LogP contribution in [-0.4, -0.2) is 39.8 Å². The number of fused-ring (bicyclic) bond motifs is 1. The van der Waals surface area contributed by atoms with Crippen molar-refractivity contribution < 1.29 is 9.59 Å². The molecule has 1 N–H and O–H groups in total. The number of nitrogens with one attached hydrogen (secondary N) is 1. The van der Waals surface area contributed by atoms with Crippen molar-refractivity contribution >= 4 is 33.4 Å². The zero-order valence-corrected chi connectivity index (χ0v) is 18.2. The van der Waals surface area contributed by atoms with E-state index in [2.05, 4.69) is 21.4 Å². The number of likely N-dealkylation sites (tertiary alicyclic amines) is 1. The number of thiazole rings is 1. The Balaban J connectivity index is 1.20. The second-order valence-electron chi connectivity index (χ2n) is 8.66. The quantitative estimate of drug-likeness (QED) is 0.644. The Morgan fingerprint density at radius 1 is 1.16 bits per heavy atom. The summed E-state index contributed by atoms with van der Waals surface area (Å²) in [6.45, 7) is 1.65. The van der Waals surface area contributed by atoms with Gasteiger partial charge in [0.2, 0.25) is 11.8 Å². The molecular formula is C24H26N4O2S. The number of para-hydroxylation sites is 1. The lowest BCUT2D eigenvalue weighted by molar-refractivity contribution is -0.130. The summed E-state index contributed by atoms with van der Waals surface area (Å²) in [6.07, 6.45) is 6.01. The number of hydrogen-bond acceptors (Lipinski definition) is 5. The number of aryl methyl sites for hydroxylation is 1. The first-order chi connectivity index (χ1) is 15.1. The summed E-state index contributed by atoms with van der Waals surface area (Å²) >= 11 is 1.66. The van der Waals surface area contributed by atoms with Crippen molar-refractivity contribution in [2.24, 2.45) is 11.3 Å². The molecule has 1 saturated carbocycles. The molecule has 5 rings (SSSR count). The van der Waals surface area contributed by atoms with Gasteiger partial charge in [0.25, 0.3) is 0 Å². The highest BCUT2D eigenvalue weighted by Crippen LogP contribution is 2.51. The fourth-order valence-corrected chi connectivity index (χ4v) is 5.83. The topological polar surface area (TPSA) is 75.2 Å². The van der Waals surface area contributed by atoms with Crippen LogP contribution in [0.2, 0.25) is 0 Å². The second-order valence-corrected chi connectivity index (χ2v) is 9.77. The molecule has 160 valence electrons. The number of hydrogen-bond donors (Lipinski definition) is 1. The van der Waals surface area contributed by atoms with Gasteiger partial charge < -0.3 is 10.2 Å². The van der Waals surface area contributed by atoms with Gasteiger partial charge in [-0.25, -0.2) is 4.98 Å². The van der Waals surface area contributed by atoms with E-state index < -0.39 is 0 Å². The number of carbonyl (C=O) groups excluding carboxylic acids is 2. The van der Waals surface area contributed by atoms with Crippen molar-refractivity contribution in [3.63, 3.8) is 0 Å². The van der Waals surface area contributed by atoms with Crippen LogP contribution in [0.4, 0.5) is 0 Å². The van der Waals surface area contributed by atoms with Crippen LogP contribution in [0.15, 0.2) is 48.7 Å². The summed E-state index contributed by atoms with van der Waals surface area (Å²) < 4.78 is 1.16. The standard InChI is InChI=1S/C24H26N4O2S/c29-22(10-9-21-27-19-7-1-2-8-20(19)31-21)28-15-18(24(16-28)11-5-12-24)23(30)26-14-17-6-3-4-13-25-17/h1-4,6-8,13,18H,5,9-12,14-16H2,(H,26,30). The van der Waals surface area contributed by atoms with Gasteiger partial charge in [0.15, 0.2) is 0 Å². The molecule has 3 heterocycles. The van der Waals surface area contributed by atoms with E-state index in [0.29, 0.717) is 32.5 Å². The Bertz CT molecular complexity index is 1060. The molecule has 3 aromatic rings. The third-order valence-corrected chi connectivity index (χ3v) is 7.82. The van der Waals surface area contributed by atoms with Gasteiger partial charge in [-0.05, 0) is 37.1 Å². The Morgan fingerprint density at radius 2 is 2.00 bits per heavy atom. The number of benzene rings is 1. The Labute approximate surface area is 185 Å². The molecule has 1 spiro atoms. The van der Waals surface area contributed by atoms with Crippen LogP contribution in [0, 0.1) is 11.3 Å². The second kappa shape index (κ2) is 8.38. The lowest BCUT2D eigenvalue weighted by atomic mass is 9.62. The largest absolute Gasteiger partial charge is 0.350 e. The Kier molecular flexibility index (Phi) is 5.44. The predicted octanol–water partition coefficient (Wildman–Crippen LogP) is 3.57. The number of pyridine rings is 1. The minimum Gasteiger partial charge on any atom is -0.350 e. The lowest BCUT2D eigenvalue weighted by Crippen LogP contribution is -2.45. The zero-order valence-electron chi connectivity index (χ0n) is 17.4. The van der Waals surface area contributed by atoms with Crippen LogP contribution >= 0.6 is 11.3 Å².